The molecule has 0 bridgehead atoms. The highest BCUT2D eigenvalue weighted by atomic mass is 32.2. The standard InChI is InChI=1S/C23H24N4O4S/c1-23(2,3)21(26-22(28)29)13-16-12-20(18-10-7-11-25-19(18)14-24)27(15-16)32(30,31)17-8-5-4-6-9-17/h4-12,15,21,26H,13H2,1-3H3,(H,28,29). The van der Waals surface area contributed by atoms with E-state index in [1.165, 1.54) is 24.5 Å². The molecule has 8 nitrogen and oxygen atoms in total. The maximum Gasteiger partial charge on any atom is 0.404 e. The van der Waals surface area contributed by atoms with E-state index in [4.69, 9.17) is 0 Å². The topological polar surface area (TPSA) is 125 Å². The van der Waals surface area contributed by atoms with Crippen LogP contribution >= 0.6 is 0 Å². The summed E-state index contributed by atoms with van der Waals surface area (Å²) in [7, 11) is -3.97. The molecule has 2 heterocycles. The van der Waals surface area contributed by atoms with Gasteiger partial charge in [-0.15, -0.1) is 0 Å². The third-order valence-electron chi connectivity index (χ3n) is 5.12. The minimum Gasteiger partial charge on any atom is -0.465 e. The quantitative estimate of drug-likeness (QED) is 0.585. The normalized spacial score (nSPS) is 12.7. The van der Waals surface area contributed by atoms with Gasteiger partial charge < -0.3 is 10.4 Å². The molecule has 0 aliphatic carbocycles. The maximum atomic E-state index is 13.5. The van der Waals surface area contributed by atoms with Crippen LogP contribution in [0.3, 0.4) is 0 Å². The SMILES string of the molecule is CC(C)(C)C(Cc1cc(-c2cccnc2C#N)n(S(=O)(=O)c2ccccc2)c1)NC(=O)O. The zero-order chi connectivity index (χ0) is 23.5. The van der Waals surface area contributed by atoms with Gasteiger partial charge in [0.05, 0.1) is 10.6 Å². The van der Waals surface area contributed by atoms with Crippen LogP contribution in [0.25, 0.3) is 11.3 Å². The number of nitrogens with zero attached hydrogens (tertiary/aromatic N) is 3. The van der Waals surface area contributed by atoms with E-state index in [0.29, 0.717) is 11.1 Å². The van der Waals surface area contributed by atoms with E-state index in [0.717, 1.165) is 3.97 Å². The van der Waals surface area contributed by atoms with Gasteiger partial charge in [-0.3, -0.25) is 0 Å². The average Bonchev–Trinajstić information content (AvgIpc) is 3.17. The van der Waals surface area contributed by atoms with E-state index in [-0.39, 0.29) is 22.7 Å². The van der Waals surface area contributed by atoms with Crippen molar-refractivity contribution in [1.82, 2.24) is 14.3 Å². The fourth-order valence-electron chi connectivity index (χ4n) is 3.37. The van der Waals surface area contributed by atoms with Gasteiger partial charge in [0.1, 0.15) is 11.8 Å². The van der Waals surface area contributed by atoms with Crippen molar-refractivity contribution in [3.63, 3.8) is 0 Å². The van der Waals surface area contributed by atoms with Crippen LogP contribution in [-0.2, 0) is 16.4 Å². The van der Waals surface area contributed by atoms with Crippen LogP contribution in [0.2, 0.25) is 0 Å². The molecule has 9 heteroatoms. The van der Waals surface area contributed by atoms with Crippen LogP contribution in [0.15, 0.2) is 65.8 Å². The number of carboxylic acid groups (broad SMARTS) is 1. The third kappa shape index (κ3) is 4.81. The highest BCUT2D eigenvalue weighted by Gasteiger charge is 2.29. The number of aromatic nitrogens is 2. The van der Waals surface area contributed by atoms with Gasteiger partial charge in [-0.1, -0.05) is 39.0 Å². The first-order valence-electron chi connectivity index (χ1n) is 9.91. The molecule has 32 heavy (non-hydrogen) atoms. The molecule has 0 radical (unpaired) electrons. The molecule has 0 spiro atoms. The molecule has 0 saturated heterocycles. The van der Waals surface area contributed by atoms with Crippen LogP contribution in [0.5, 0.6) is 0 Å². The summed E-state index contributed by atoms with van der Waals surface area (Å²) in [6.45, 7) is 5.71. The summed E-state index contributed by atoms with van der Waals surface area (Å²) in [5.41, 5.74) is 0.958. The lowest BCUT2D eigenvalue weighted by Crippen LogP contribution is -2.44. The number of hydrogen-bond acceptors (Lipinski definition) is 5. The number of rotatable bonds is 6. The van der Waals surface area contributed by atoms with Gasteiger partial charge in [-0.05, 0) is 47.7 Å². The van der Waals surface area contributed by atoms with Crippen LogP contribution in [0.1, 0.15) is 32.0 Å². The van der Waals surface area contributed by atoms with E-state index in [9.17, 15) is 23.6 Å². The van der Waals surface area contributed by atoms with Gasteiger partial charge in [0.15, 0.2) is 0 Å². The number of carbonyl (C=O) groups is 1. The number of nitriles is 1. The molecule has 0 aliphatic heterocycles. The van der Waals surface area contributed by atoms with Crippen LogP contribution in [0, 0.1) is 16.7 Å². The zero-order valence-electron chi connectivity index (χ0n) is 18.0. The van der Waals surface area contributed by atoms with Gasteiger partial charge in [0.2, 0.25) is 0 Å². The molecule has 166 valence electrons. The zero-order valence-corrected chi connectivity index (χ0v) is 18.8. The van der Waals surface area contributed by atoms with Crippen molar-refractivity contribution in [3.8, 4) is 17.3 Å². The first-order chi connectivity index (χ1) is 15.0. The summed E-state index contributed by atoms with van der Waals surface area (Å²) in [4.78, 5) is 15.5. The molecule has 3 aromatic rings. The smallest absolute Gasteiger partial charge is 0.404 e. The Bertz CT molecular complexity index is 1270. The van der Waals surface area contributed by atoms with Gasteiger partial charge in [0, 0.05) is 24.0 Å². The van der Waals surface area contributed by atoms with E-state index < -0.39 is 27.6 Å². The third-order valence-corrected chi connectivity index (χ3v) is 6.80. The summed E-state index contributed by atoms with van der Waals surface area (Å²) in [5, 5.41) is 21.3. The Hall–Kier alpha value is -3.64. The molecule has 0 saturated carbocycles. The summed E-state index contributed by atoms with van der Waals surface area (Å²) in [6.07, 6.45) is 2.06. The van der Waals surface area contributed by atoms with E-state index in [1.54, 1.807) is 36.4 Å². The molecule has 1 aromatic carbocycles. The summed E-state index contributed by atoms with van der Waals surface area (Å²) in [6, 6.07) is 14.5. The van der Waals surface area contributed by atoms with E-state index >= 15 is 0 Å². The van der Waals surface area contributed by atoms with Crippen LogP contribution in [-0.4, -0.2) is 34.6 Å². The molecule has 0 fully saturated rings. The second-order valence-electron chi connectivity index (χ2n) is 8.43. The first-order valence-corrected chi connectivity index (χ1v) is 11.3. The van der Waals surface area contributed by atoms with Gasteiger partial charge in [-0.2, -0.15) is 5.26 Å². The molecule has 2 N–H and O–H groups in total. The van der Waals surface area contributed by atoms with E-state index in [1.807, 2.05) is 26.8 Å². The number of pyridine rings is 1. The molecule has 0 aliphatic rings. The Kier molecular flexibility index (Phi) is 6.37. The largest absolute Gasteiger partial charge is 0.465 e. The molecule has 1 atom stereocenters. The Morgan fingerprint density at radius 1 is 1.22 bits per heavy atom. The van der Waals surface area contributed by atoms with E-state index in [2.05, 4.69) is 10.3 Å². The average molecular weight is 453 g/mol. The van der Waals surface area contributed by atoms with Crippen molar-refractivity contribution in [2.75, 3.05) is 0 Å². The van der Waals surface area contributed by atoms with Crippen molar-refractivity contribution in [3.05, 3.63) is 72.2 Å². The van der Waals surface area contributed by atoms with Crippen LogP contribution in [0.4, 0.5) is 4.79 Å². The first kappa shape index (κ1) is 23.0. The highest BCUT2D eigenvalue weighted by molar-refractivity contribution is 7.90. The minimum absolute atomic E-state index is 0.0951. The Balaban J connectivity index is 2.19. The number of benzene rings is 1. The summed E-state index contributed by atoms with van der Waals surface area (Å²) >= 11 is 0. The number of hydrogen-bond donors (Lipinski definition) is 2. The lowest BCUT2D eigenvalue weighted by Gasteiger charge is -2.30. The van der Waals surface area contributed by atoms with Crippen molar-refractivity contribution >= 4 is 16.1 Å². The second-order valence-corrected chi connectivity index (χ2v) is 10.2. The molecule has 3 rings (SSSR count). The summed E-state index contributed by atoms with van der Waals surface area (Å²) < 4.78 is 28.0. The lowest BCUT2D eigenvalue weighted by atomic mass is 9.83. The fraction of sp³-hybridized carbons (Fsp3) is 0.261. The Labute approximate surface area is 187 Å². The van der Waals surface area contributed by atoms with Crippen LogP contribution < -0.4 is 5.32 Å². The van der Waals surface area contributed by atoms with Crippen molar-refractivity contribution in [2.45, 2.75) is 38.1 Å². The maximum absolute atomic E-state index is 13.5. The molecular weight excluding hydrogens is 428 g/mol. The molecule has 2 aromatic heterocycles. The number of amides is 1. The minimum atomic E-state index is -3.97. The van der Waals surface area contributed by atoms with Gasteiger partial charge in [-0.25, -0.2) is 22.2 Å². The lowest BCUT2D eigenvalue weighted by molar-refractivity contribution is 0.174. The molecular formula is C23H24N4O4S. The highest BCUT2D eigenvalue weighted by Crippen LogP contribution is 2.31. The Morgan fingerprint density at radius 2 is 1.91 bits per heavy atom. The van der Waals surface area contributed by atoms with Crippen molar-refractivity contribution < 1.29 is 18.3 Å². The molecule has 1 amide bonds. The molecule has 1 unspecified atom stereocenters. The van der Waals surface area contributed by atoms with Crippen molar-refractivity contribution in [2.24, 2.45) is 5.41 Å². The Morgan fingerprint density at radius 3 is 2.50 bits per heavy atom. The van der Waals surface area contributed by atoms with Crippen molar-refractivity contribution in [1.29, 1.82) is 5.26 Å². The van der Waals surface area contributed by atoms with Gasteiger partial charge >= 0.3 is 6.09 Å². The predicted molar refractivity (Wildman–Crippen MR) is 120 cm³/mol. The number of nitrogens with one attached hydrogen (secondary N) is 1. The second kappa shape index (κ2) is 8.85. The fourth-order valence-corrected chi connectivity index (χ4v) is 4.78. The monoisotopic (exact) mass is 452 g/mol. The predicted octanol–water partition coefficient (Wildman–Crippen LogP) is 3.88. The van der Waals surface area contributed by atoms with Gasteiger partial charge in [0.25, 0.3) is 10.0 Å². The summed E-state index contributed by atoms with van der Waals surface area (Å²) in [5.74, 6) is 0.